The number of benzene rings is 1. The molecule has 0 radical (unpaired) electrons. The average molecular weight is 376 g/mol. The first-order chi connectivity index (χ1) is 11.6. The summed E-state index contributed by atoms with van der Waals surface area (Å²) in [6.07, 6.45) is 0. The molecule has 1 aromatic carbocycles. The Morgan fingerprint density at radius 3 is 2.60 bits per heavy atom. The van der Waals surface area contributed by atoms with Gasteiger partial charge in [-0.1, -0.05) is 19.1 Å². The van der Waals surface area contributed by atoms with Gasteiger partial charge < -0.3 is 15.0 Å². The average Bonchev–Trinajstić information content (AvgIpc) is 2.75. The van der Waals surface area contributed by atoms with Crippen molar-refractivity contribution in [2.45, 2.75) is 30.7 Å². The van der Waals surface area contributed by atoms with Crippen LogP contribution in [0.3, 0.4) is 0 Å². The van der Waals surface area contributed by atoms with Crippen molar-refractivity contribution in [3.63, 3.8) is 0 Å². The maximum atomic E-state index is 13.5. The summed E-state index contributed by atoms with van der Waals surface area (Å²) in [6, 6.07) is 5.10. The number of carbonyl (C=O) groups excluding carboxylic acids is 1. The lowest BCUT2D eigenvalue weighted by molar-refractivity contribution is -0.0652. The van der Waals surface area contributed by atoms with E-state index in [2.05, 4.69) is 5.32 Å². The lowest BCUT2D eigenvalue weighted by Gasteiger charge is -2.25. The number of ether oxygens (including phenoxy) is 1. The van der Waals surface area contributed by atoms with Crippen LogP contribution in [0.1, 0.15) is 25.5 Å². The molecular weight excluding hydrogens is 354 g/mol. The first-order valence-electron chi connectivity index (χ1n) is 7.98. The minimum absolute atomic E-state index is 0.00385. The third-order valence-corrected chi connectivity index (χ3v) is 5.74. The van der Waals surface area contributed by atoms with Crippen LogP contribution < -0.4 is 5.32 Å². The molecule has 1 N–H and O–H groups in total. The van der Waals surface area contributed by atoms with Crippen LogP contribution in [0.5, 0.6) is 0 Å². The topological polar surface area (TPSA) is 75.7 Å². The van der Waals surface area contributed by atoms with Crippen LogP contribution in [0, 0.1) is 0 Å². The van der Waals surface area contributed by atoms with Gasteiger partial charge >= 0.3 is 6.03 Å². The number of nitrogens with zero attached hydrogens (tertiary/aromatic N) is 1. The van der Waals surface area contributed by atoms with Crippen LogP contribution in [-0.2, 0) is 14.6 Å². The quantitative estimate of drug-likeness (QED) is 0.874. The lowest BCUT2D eigenvalue weighted by atomic mass is 10.1. The monoisotopic (exact) mass is 376 g/mol. The van der Waals surface area contributed by atoms with Crippen LogP contribution in [0.2, 0.25) is 0 Å². The van der Waals surface area contributed by atoms with Crippen LogP contribution in [0.15, 0.2) is 29.2 Å². The lowest BCUT2D eigenvalue weighted by Crippen LogP contribution is -2.46. The van der Waals surface area contributed by atoms with E-state index in [0.717, 1.165) is 4.90 Å². The van der Waals surface area contributed by atoms with Crippen molar-refractivity contribution >= 4 is 15.9 Å². The molecule has 1 aliphatic heterocycles. The van der Waals surface area contributed by atoms with Gasteiger partial charge in [-0.2, -0.15) is 0 Å². The Kier molecular flexibility index (Phi) is 5.99. The van der Waals surface area contributed by atoms with E-state index in [-0.39, 0.29) is 23.8 Å². The second-order valence-corrected chi connectivity index (χ2v) is 8.25. The van der Waals surface area contributed by atoms with Crippen LogP contribution in [0.25, 0.3) is 0 Å². The molecule has 1 atom stereocenters. The minimum Gasteiger partial charge on any atom is -0.373 e. The van der Waals surface area contributed by atoms with Gasteiger partial charge in [0.25, 0.3) is 5.92 Å². The largest absolute Gasteiger partial charge is 0.373 e. The molecule has 1 heterocycles. The zero-order valence-electron chi connectivity index (χ0n) is 14.2. The second-order valence-electron chi connectivity index (χ2n) is 5.97. The van der Waals surface area contributed by atoms with Crippen molar-refractivity contribution in [1.82, 2.24) is 10.2 Å². The van der Waals surface area contributed by atoms with E-state index in [1.807, 2.05) is 0 Å². The summed E-state index contributed by atoms with van der Waals surface area (Å²) in [5.74, 6) is -3.07. The summed E-state index contributed by atoms with van der Waals surface area (Å²) in [7, 11) is -3.29. The number of amides is 2. The SMILES string of the molecule is CCS(=O)(=O)c1ccc(C(C)NC(=O)N2CCOCC(F)(F)C2)cc1. The van der Waals surface area contributed by atoms with E-state index in [1.54, 1.807) is 26.0 Å². The molecule has 2 amide bonds. The molecule has 1 fully saturated rings. The predicted octanol–water partition coefficient (Wildman–Crippen LogP) is 2.22. The van der Waals surface area contributed by atoms with Gasteiger partial charge in [0, 0.05) is 6.54 Å². The van der Waals surface area contributed by atoms with Crippen molar-refractivity contribution in [3.8, 4) is 0 Å². The summed E-state index contributed by atoms with van der Waals surface area (Å²) >= 11 is 0. The number of halogens is 2. The van der Waals surface area contributed by atoms with Gasteiger partial charge in [0.1, 0.15) is 6.61 Å². The maximum absolute atomic E-state index is 13.5. The molecule has 25 heavy (non-hydrogen) atoms. The van der Waals surface area contributed by atoms with Crippen molar-refractivity contribution in [2.24, 2.45) is 0 Å². The first-order valence-corrected chi connectivity index (χ1v) is 9.63. The molecule has 140 valence electrons. The molecule has 2 rings (SSSR count). The summed E-state index contributed by atoms with van der Waals surface area (Å²) in [6.45, 7) is 2.02. The highest BCUT2D eigenvalue weighted by Gasteiger charge is 2.36. The van der Waals surface area contributed by atoms with Crippen LogP contribution in [0.4, 0.5) is 13.6 Å². The van der Waals surface area contributed by atoms with Crippen LogP contribution >= 0.6 is 0 Å². The summed E-state index contributed by atoms with van der Waals surface area (Å²) in [5, 5.41) is 2.65. The van der Waals surface area contributed by atoms with Gasteiger partial charge in [0.2, 0.25) is 0 Å². The molecule has 9 heteroatoms. The Morgan fingerprint density at radius 1 is 1.36 bits per heavy atom. The van der Waals surface area contributed by atoms with E-state index >= 15 is 0 Å². The van der Waals surface area contributed by atoms with Gasteiger partial charge in [-0.25, -0.2) is 22.0 Å². The molecule has 0 aliphatic carbocycles. The summed E-state index contributed by atoms with van der Waals surface area (Å²) in [4.78, 5) is 13.5. The Labute approximate surface area is 146 Å². The molecule has 1 aromatic rings. The van der Waals surface area contributed by atoms with Crippen molar-refractivity contribution in [1.29, 1.82) is 0 Å². The van der Waals surface area contributed by atoms with Gasteiger partial charge in [-0.3, -0.25) is 0 Å². The first kappa shape index (κ1) is 19.6. The van der Waals surface area contributed by atoms with Crippen LogP contribution in [-0.4, -0.2) is 57.3 Å². The van der Waals surface area contributed by atoms with E-state index in [9.17, 15) is 22.0 Å². The highest BCUT2D eigenvalue weighted by molar-refractivity contribution is 7.91. The predicted molar refractivity (Wildman–Crippen MR) is 88.5 cm³/mol. The fourth-order valence-corrected chi connectivity index (χ4v) is 3.35. The number of carbonyl (C=O) groups is 1. The Bertz CT molecular complexity index is 707. The molecule has 6 nitrogen and oxygen atoms in total. The highest BCUT2D eigenvalue weighted by atomic mass is 32.2. The van der Waals surface area contributed by atoms with E-state index in [4.69, 9.17) is 4.74 Å². The molecule has 0 saturated carbocycles. The summed E-state index contributed by atoms with van der Waals surface area (Å²) in [5.41, 5.74) is 0.682. The molecule has 0 bridgehead atoms. The van der Waals surface area contributed by atoms with Gasteiger partial charge in [-0.15, -0.1) is 0 Å². The zero-order chi connectivity index (χ0) is 18.7. The van der Waals surface area contributed by atoms with E-state index in [1.165, 1.54) is 12.1 Å². The standard InChI is InChI=1S/C16H22F2N2O4S/c1-3-25(22,23)14-6-4-13(5-7-14)12(2)19-15(21)20-8-9-24-11-16(17,18)10-20/h4-7,12H,3,8-11H2,1-2H3,(H,19,21). The molecule has 1 unspecified atom stereocenters. The normalized spacial score (nSPS) is 19.1. The minimum atomic E-state index is -3.29. The molecule has 0 spiro atoms. The number of hydrogen-bond donors (Lipinski definition) is 1. The number of urea groups is 1. The molecule has 0 aromatic heterocycles. The third kappa shape index (κ3) is 5.12. The van der Waals surface area contributed by atoms with E-state index < -0.39 is 41.0 Å². The smallest absolute Gasteiger partial charge is 0.318 e. The number of alkyl halides is 2. The number of nitrogens with one attached hydrogen (secondary N) is 1. The summed E-state index contributed by atoms with van der Waals surface area (Å²) < 4.78 is 55.5. The molecular formula is C16H22F2N2O4S. The zero-order valence-corrected chi connectivity index (χ0v) is 15.0. The number of sulfone groups is 1. The fraction of sp³-hybridized carbons (Fsp3) is 0.562. The fourth-order valence-electron chi connectivity index (χ4n) is 2.46. The number of rotatable bonds is 4. The molecule has 1 aliphatic rings. The van der Waals surface area contributed by atoms with Crippen molar-refractivity contribution in [3.05, 3.63) is 29.8 Å². The second kappa shape index (κ2) is 7.65. The van der Waals surface area contributed by atoms with Crippen molar-refractivity contribution < 1.29 is 26.7 Å². The van der Waals surface area contributed by atoms with Crippen molar-refractivity contribution in [2.75, 3.05) is 32.1 Å². The third-order valence-electron chi connectivity index (χ3n) is 3.99. The van der Waals surface area contributed by atoms with Gasteiger partial charge in [0.15, 0.2) is 9.84 Å². The Hall–Kier alpha value is -1.74. The highest BCUT2D eigenvalue weighted by Crippen LogP contribution is 2.20. The molecule has 1 saturated heterocycles. The van der Waals surface area contributed by atoms with E-state index in [0.29, 0.717) is 5.56 Å². The Morgan fingerprint density at radius 2 is 2.00 bits per heavy atom. The van der Waals surface area contributed by atoms with Gasteiger partial charge in [-0.05, 0) is 24.6 Å². The Balaban J connectivity index is 2.03. The van der Waals surface area contributed by atoms with Gasteiger partial charge in [0.05, 0.1) is 29.8 Å². The number of hydrogen-bond acceptors (Lipinski definition) is 4. The maximum Gasteiger partial charge on any atom is 0.318 e.